The van der Waals surface area contributed by atoms with Crippen LogP contribution in [-0.4, -0.2) is 47.3 Å². The second kappa shape index (κ2) is 9.37. The molecule has 1 fully saturated rings. The molecule has 0 radical (unpaired) electrons. The molecular formula is C21H25ClN4OS. The summed E-state index contributed by atoms with van der Waals surface area (Å²) < 4.78 is 1.88. The average Bonchev–Trinajstić information content (AvgIpc) is 3.39. The van der Waals surface area contributed by atoms with Crippen LogP contribution in [0.15, 0.2) is 53.9 Å². The van der Waals surface area contributed by atoms with Gasteiger partial charge in [-0.2, -0.15) is 5.10 Å². The highest BCUT2D eigenvalue weighted by atomic mass is 35.5. The molecule has 3 aromatic rings. The monoisotopic (exact) mass is 416 g/mol. The molecule has 1 N–H and O–H groups in total. The molecule has 2 aromatic heterocycles. The minimum absolute atomic E-state index is 0. The topological polar surface area (TPSA) is 50.2 Å². The summed E-state index contributed by atoms with van der Waals surface area (Å²) in [6.07, 6.45) is 2.09. The molecular weight excluding hydrogens is 392 g/mol. The molecule has 1 aliphatic rings. The van der Waals surface area contributed by atoms with Crippen LogP contribution < -0.4 is 5.32 Å². The van der Waals surface area contributed by atoms with Crippen LogP contribution in [0.3, 0.4) is 0 Å². The Balaban J connectivity index is 0.00000225. The van der Waals surface area contributed by atoms with Gasteiger partial charge in [0.15, 0.2) is 5.69 Å². The number of nitrogens with one attached hydrogen (secondary N) is 1. The van der Waals surface area contributed by atoms with Crippen LogP contribution in [0.25, 0.3) is 16.3 Å². The lowest BCUT2D eigenvalue weighted by Gasteiger charge is -2.31. The number of halogens is 1. The number of amides is 1. The number of nitrogens with zero attached hydrogens (tertiary/aromatic N) is 3. The van der Waals surface area contributed by atoms with Crippen molar-refractivity contribution in [3.05, 3.63) is 59.6 Å². The van der Waals surface area contributed by atoms with Crippen LogP contribution in [0.1, 0.15) is 23.3 Å². The van der Waals surface area contributed by atoms with Gasteiger partial charge in [-0.15, -0.1) is 23.7 Å². The molecule has 0 atom stereocenters. The Morgan fingerprint density at radius 2 is 1.93 bits per heavy atom. The van der Waals surface area contributed by atoms with Gasteiger partial charge < -0.3 is 10.2 Å². The summed E-state index contributed by atoms with van der Waals surface area (Å²) in [5, 5.41) is 9.97. The zero-order valence-corrected chi connectivity index (χ0v) is 17.5. The number of likely N-dealkylation sites (tertiary alicyclic amines) is 1. The van der Waals surface area contributed by atoms with Crippen molar-refractivity contribution in [1.29, 1.82) is 0 Å². The zero-order chi connectivity index (χ0) is 18.6. The molecule has 7 heteroatoms. The summed E-state index contributed by atoms with van der Waals surface area (Å²) >= 11 is 1.66. The number of thiophene rings is 1. The number of rotatable bonds is 5. The first kappa shape index (κ1) is 20.6. The predicted molar refractivity (Wildman–Crippen MR) is 117 cm³/mol. The first-order valence-electron chi connectivity index (χ1n) is 9.39. The third kappa shape index (κ3) is 4.29. The van der Waals surface area contributed by atoms with E-state index in [4.69, 9.17) is 0 Å². The van der Waals surface area contributed by atoms with E-state index in [0.717, 1.165) is 48.7 Å². The molecule has 0 saturated carbocycles. The normalized spacial score (nSPS) is 14.7. The molecule has 1 aliphatic heterocycles. The lowest BCUT2D eigenvalue weighted by molar-refractivity contribution is 0.0684. The number of benzene rings is 1. The Bertz CT molecular complexity index is 887. The van der Waals surface area contributed by atoms with Gasteiger partial charge in [0, 0.05) is 13.1 Å². The fourth-order valence-electron chi connectivity index (χ4n) is 3.64. The van der Waals surface area contributed by atoms with Gasteiger partial charge >= 0.3 is 0 Å². The highest BCUT2D eigenvalue weighted by Gasteiger charge is 2.26. The van der Waals surface area contributed by atoms with Gasteiger partial charge in [0.2, 0.25) is 0 Å². The maximum atomic E-state index is 13.1. The van der Waals surface area contributed by atoms with E-state index in [1.54, 1.807) is 11.3 Å². The molecule has 148 valence electrons. The molecule has 1 saturated heterocycles. The smallest absolute Gasteiger partial charge is 0.274 e. The maximum Gasteiger partial charge on any atom is 0.274 e. The van der Waals surface area contributed by atoms with Gasteiger partial charge in [-0.25, -0.2) is 4.68 Å². The second-order valence-corrected chi connectivity index (χ2v) is 7.88. The molecule has 1 aromatic carbocycles. The largest absolute Gasteiger partial charge is 0.337 e. The number of carbonyl (C=O) groups excluding carboxylic acids is 1. The van der Waals surface area contributed by atoms with E-state index >= 15 is 0 Å². The van der Waals surface area contributed by atoms with Crippen LogP contribution in [0.4, 0.5) is 0 Å². The van der Waals surface area contributed by atoms with Crippen LogP contribution in [0.5, 0.6) is 0 Å². The van der Waals surface area contributed by atoms with E-state index in [0.29, 0.717) is 11.6 Å². The van der Waals surface area contributed by atoms with Gasteiger partial charge in [0.1, 0.15) is 0 Å². The quantitative estimate of drug-likeness (QED) is 0.681. The molecule has 3 heterocycles. The van der Waals surface area contributed by atoms with E-state index in [9.17, 15) is 4.79 Å². The van der Waals surface area contributed by atoms with Crippen molar-refractivity contribution in [2.75, 3.05) is 26.7 Å². The van der Waals surface area contributed by atoms with Crippen molar-refractivity contribution in [2.24, 2.45) is 5.92 Å². The van der Waals surface area contributed by atoms with Crippen molar-refractivity contribution in [3.8, 4) is 16.3 Å². The number of hydrogen-bond acceptors (Lipinski definition) is 4. The number of hydrogen-bond donors (Lipinski definition) is 1. The van der Waals surface area contributed by atoms with Crippen molar-refractivity contribution >= 4 is 29.7 Å². The van der Waals surface area contributed by atoms with Gasteiger partial charge in [-0.05, 0) is 62.0 Å². The van der Waals surface area contributed by atoms with Gasteiger partial charge in [-0.3, -0.25) is 4.79 Å². The van der Waals surface area contributed by atoms with Crippen LogP contribution in [0.2, 0.25) is 0 Å². The molecule has 28 heavy (non-hydrogen) atoms. The Morgan fingerprint density at radius 3 is 2.57 bits per heavy atom. The molecule has 5 nitrogen and oxygen atoms in total. The highest BCUT2D eigenvalue weighted by molar-refractivity contribution is 7.13. The fraction of sp³-hybridized carbons (Fsp3) is 0.333. The van der Waals surface area contributed by atoms with E-state index < -0.39 is 0 Å². The standard InChI is InChI=1S/C21H24N4OS.ClH/c1-22-15-16-9-11-24(12-10-16)21(26)18-14-19(20-8-5-13-27-20)25(23-18)17-6-3-2-4-7-17;/h2-8,13-14,16,22H,9-12,15H2,1H3;1H. The molecule has 0 bridgehead atoms. The summed E-state index contributed by atoms with van der Waals surface area (Å²) in [6.45, 7) is 2.63. The summed E-state index contributed by atoms with van der Waals surface area (Å²) in [5.74, 6) is 0.688. The highest BCUT2D eigenvalue weighted by Crippen LogP contribution is 2.29. The minimum Gasteiger partial charge on any atom is -0.337 e. The SMILES string of the molecule is CNCC1CCN(C(=O)c2cc(-c3cccs3)n(-c3ccccc3)n2)CC1.Cl. The third-order valence-corrected chi connectivity index (χ3v) is 5.99. The molecule has 0 aliphatic carbocycles. The van der Waals surface area contributed by atoms with Gasteiger partial charge in [0.25, 0.3) is 5.91 Å². The Labute approximate surface area is 175 Å². The average molecular weight is 417 g/mol. The summed E-state index contributed by atoms with van der Waals surface area (Å²) in [5.41, 5.74) is 2.45. The van der Waals surface area contributed by atoms with Crippen molar-refractivity contribution < 1.29 is 4.79 Å². The predicted octanol–water partition coefficient (Wildman–Crippen LogP) is 4.09. The molecule has 1 amide bonds. The van der Waals surface area contributed by atoms with Crippen LogP contribution in [-0.2, 0) is 0 Å². The van der Waals surface area contributed by atoms with Gasteiger partial charge in [0.05, 0.1) is 16.3 Å². The molecule has 4 rings (SSSR count). The van der Waals surface area contributed by atoms with Crippen LogP contribution >= 0.6 is 23.7 Å². The molecule has 0 spiro atoms. The summed E-state index contributed by atoms with van der Waals surface area (Å²) in [4.78, 5) is 16.1. The lowest BCUT2D eigenvalue weighted by Crippen LogP contribution is -2.40. The lowest BCUT2D eigenvalue weighted by atomic mass is 9.96. The van der Waals surface area contributed by atoms with E-state index in [2.05, 4.69) is 16.5 Å². The summed E-state index contributed by atoms with van der Waals surface area (Å²) in [7, 11) is 1.99. The Kier molecular flexibility index (Phi) is 6.88. The number of para-hydroxylation sites is 1. The van der Waals surface area contributed by atoms with Crippen molar-refractivity contribution in [3.63, 3.8) is 0 Å². The van der Waals surface area contributed by atoms with Crippen molar-refractivity contribution in [2.45, 2.75) is 12.8 Å². The number of piperidine rings is 1. The number of carbonyl (C=O) groups is 1. The van der Waals surface area contributed by atoms with Crippen molar-refractivity contribution in [1.82, 2.24) is 20.0 Å². The first-order chi connectivity index (χ1) is 13.3. The maximum absolute atomic E-state index is 13.1. The van der Waals surface area contributed by atoms with E-state index in [1.807, 2.05) is 64.5 Å². The van der Waals surface area contributed by atoms with Crippen LogP contribution in [0, 0.1) is 5.92 Å². The first-order valence-corrected chi connectivity index (χ1v) is 10.3. The Morgan fingerprint density at radius 1 is 1.18 bits per heavy atom. The minimum atomic E-state index is 0. The van der Waals surface area contributed by atoms with E-state index in [1.165, 1.54) is 0 Å². The second-order valence-electron chi connectivity index (χ2n) is 6.93. The fourth-order valence-corrected chi connectivity index (χ4v) is 4.37. The number of aromatic nitrogens is 2. The van der Waals surface area contributed by atoms with E-state index in [-0.39, 0.29) is 18.3 Å². The summed E-state index contributed by atoms with van der Waals surface area (Å²) in [6, 6.07) is 16.0. The third-order valence-electron chi connectivity index (χ3n) is 5.10. The Hall–Kier alpha value is -2.15. The van der Waals surface area contributed by atoms with Gasteiger partial charge in [-0.1, -0.05) is 24.3 Å². The molecule has 0 unspecified atom stereocenters. The zero-order valence-electron chi connectivity index (χ0n) is 15.9.